The third kappa shape index (κ3) is 2.52. The molecule has 2 aliphatic rings. The van der Waals surface area contributed by atoms with Gasteiger partial charge in [0.05, 0.1) is 19.3 Å². The second kappa shape index (κ2) is 5.46. The van der Waals surface area contributed by atoms with Crippen LogP contribution in [0.5, 0.6) is 0 Å². The van der Waals surface area contributed by atoms with Crippen molar-refractivity contribution in [3.63, 3.8) is 0 Å². The molecule has 6 nitrogen and oxygen atoms in total. The molecule has 4 rings (SSSR count). The van der Waals surface area contributed by atoms with Crippen molar-refractivity contribution in [2.75, 3.05) is 31.2 Å². The van der Waals surface area contributed by atoms with Crippen LogP contribution in [0.2, 0.25) is 0 Å². The van der Waals surface area contributed by atoms with Gasteiger partial charge in [-0.2, -0.15) is 4.98 Å². The molecule has 0 amide bonds. The number of nitrogens with one attached hydrogen (secondary N) is 1. The lowest BCUT2D eigenvalue weighted by Crippen LogP contribution is -2.37. The molecule has 1 atom stereocenters. The maximum atomic E-state index is 5.47. The molecule has 21 heavy (non-hydrogen) atoms. The molecule has 1 saturated heterocycles. The minimum absolute atomic E-state index is 0.0993. The zero-order chi connectivity index (χ0) is 14.1. The fourth-order valence-electron chi connectivity index (χ4n) is 2.89. The van der Waals surface area contributed by atoms with E-state index in [4.69, 9.17) is 9.26 Å². The van der Waals surface area contributed by atoms with Gasteiger partial charge in [0.1, 0.15) is 0 Å². The minimum Gasteiger partial charge on any atom is -0.378 e. The van der Waals surface area contributed by atoms with Crippen molar-refractivity contribution in [2.24, 2.45) is 0 Å². The number of benzene rings is 1. The third-order valence-electron chi connectivity index (χ3n) is 4.10. The lowest BCUT2D eigenvalue weighted by Gasteiger charge is -2.25. The summed E-state index contributed by atoms with van der Waals surface area (Å²) in [5, 5.41) is 7.58. The zero-order valence-corrected chi connectivity index (χ0v) is 11.8. The number of rotatable bonds is 2. The summed E-state index contributed by atoms with van der Waals surface area (Å²) in [6.07, 6.45) is 0.890. The molecule has 110 valence electrons. The summed E-state index contributed by atoms with van der Waals surface area (Å²) >= 11 is 0. The summed E-state index contributed by atoms with van der Waals surface area (Å²) in [4.78, 5) is 6.67. The smallest absolute Gasteiger partial charge is 0.266 e. The monoisotopic (exact) mass is 286 g/mol. The maximum absolute atomic E-state index is 5.47. The molecular weight excluding hydrogens is 268 g/mol. The van der Waals surface area contributed by atoms with Crippen molar-refractivity contribution in [3.05, 3.63) is 41.3 Å². The Morgan fingerprint density at radius 1 is 1.14 bits per heavy atom. The van der Waals surface area contributed by atoms with Crippen LogP contribution in [-0.2, 0) is 17.7 Å². The lowest BCUT2D eigenvalue weighted by atomic mass is 9.96. The van der Waals surface area contributed by atoms with E-state index in [9.17, 15) is 0 Å². The molecule has 1 N–H and O–H groups in total. The first-order valence-corrected chi connectivity index (χ1v) is 7.36. The number of ether oxygens (including phenoxy) is 1. The van der Waals surface area contributed by atoms with Gasteiger partial charge in [-0.25, -0.2) is 0 Å². The minimum atomic E-state index is 0.0993. The Labute approximate surface area is 123 Å². The van der Waals surface area contributed by atoms with Gasteiger partial charge in [0, 0.05) is 19.6 Å². The molecule has 0 saturated carbocycles. The number of anilines is 1. The molecule has 0 aliphatic carbocycles. The number of aromatic nitrogens is 2. The summed E-state index contributed by atoms with van der Waals surface area (Å²) in [6.45, 7) is 3.92. The molecule has 6 heteroatoms. The highest BCUT2D eigenvalue weighted by Gasteiger charge is 2.25. The van der Waals surface area contributed by atoms with E-state index in [1.54, 1.807) is 0 Å². The lowest BCUT2D eigenvalue weighted by molar-refractivity contribution is 0.121. The van der Waals surface area contributed by atoms with Crippen LogP contribution in [0.3, 0.4) is 0 Å². The molecule has 1 aromatic carbocycles. The quantitative estimate of drug-likeness (QED) is 0.897. The van der Waals surface area contributed by atoms with Crippen molar-refractivity contribution < 1.29 is 9.26 Å². The highest BCUT2D eigenvalue weighted by Crippen LogP contribution is 2.26. The van der Waals surface area contributed by atoms with E-state index < -0.39 is 0 Å². The molecule has 1 aromatic heterocycles. The second-order valence-corrected chi connectivity index (χ2v) is 5.44. The van der Waals surface area contributed by atoms with Gasteiger partial charge >= 0.3 is 0 Å². The topological polar surface area (TPSA) is 63.4 Å². The predicted octanol–water partition coefficient (Wildman–Crippen LogP) is 1.29. The number of nitrogens with zero attached hydrogens (tertiary/aromatic N) is 3. The number of hydrogen-bond donors (Lipinski definition) is 1. The van der Waals surface area contributed by atoms with E-state index in [0.717, 1.165) is 39.3 Å². The van der Waals surface area contributed by atoms with E-state index >= 15 is 0 Å². The van der Waals surface area contributed by atoms with Crippen LogP contribution in [0, 0.1) is 0 Å². The van der Waals surface area contributed by atoms with Gasteiger partial charge < -0.3 is 19.5 Å². The Kier molecular flexibility index (Phi) is 3.33. The highest BCUT2D eigenvalue weighted by molar-refractivity contribution is 5.32. The number of fused-ring (bicyclic) bond motifs is 1. The van der Waals surface area contributed by atoms with Gasteiger partial charge in [-0.1, -0.05) is 24.3 Å². The first-order valence-electron chi connectivity index (χ1n) is 7.36. The van der Waals surface area contributed by atoms with Gasteiger partial charge in [-0.15, -0.1) is 0 Å². The Hall–Kier alpha value is -1.92. The van der Waals surface area contributed by atoms with Crippen LogP contribution in [0.4, 0.5) is 5.95 Å². The Morgan fingerprint density at radius 3 is 2.81 bits per heavy atom. The molecule has 0 spiro atoms. The largest absolute Gasteiger partial charge is 0.378 e. The first-order chi connectivity index (χ1) is 10.4. The molecule has 3 heterocycles. The van der Waals surface area contributed by atoms with Crippen molar-refractivity contribution >= 4 is 5.95 Å². The summed E-state index contributed by atoms with van der Waals surface area (Å²) in [5.74, 6) is 1.35. The van der Waals surface area contributed by atoms with Crippen molar-refractivity contribution in [1.29, 1.82) is 0 Å². The van der Waals surface area contributed by atoms with E-state index in [-0.39, 0.29) is 6.04 Å². The molecular formula is C15H18N4O2. The Bertz CT molecular complexity index is 622. The molecule has 1 unspecified atom stereocenters. The third-order valence-corrected chi connectivity index (χ3v) is 4.10. The Morgan fingerprint density at radius 2 is 1.95 bits per heavy atom. The number of morpholine rings is 1. The average molecular weight is 286 g/mol. The van der Waals surface area contributed by atoms with E-state index in [1.807, 2.05) is 0 Å². The standard InChI is InChI=1S/C15H18N4O2/c1-2-4-12-10-16-13(9-11(12)3-1)14-17-15(18-21-14)19-5-7-20-8-6-19/h1-4,13,16H,5-10H2. The maximum Gasteiger partial charge on any atom is 0.266 e. The van der Waals surface area contributed by atoms with Crippen molar-refractivity contribution in [3.8, 4) is 0 Å². The summed E-state index contributed by atoms with van der Waals surface area (Å²) in [6, 6.07) is 8.58. The van der Waals surface area contributed by atoms with Gasteiger partial charge in [0.25, 0.3) is 5.95 Å². The first kappa shape index (κ1) is 12.8. The highest BCUT2D eigenvalue weighted by atomic mass is 16.5. The summed E-state index contributed by atoms with van der Waals surface area (Å²) in [7, 11) is 0. The second-order valence-electron chi connectivity index (χ2n) is 5.44. The van der Waals surface area contributed by atoms with Crippen LogP contribution in [-0.4, -0.2) is 36.4 Å². The molecule has 2 aromatic rings. The van der Waals surface area contributed by atoms with Crippen LogP contribution in [0.15, 0.2) is 28.8 Å². The average Bonchev–Trinajstić information content (AvgIpc) is 3.05. The molecule has 2 aliphatic heterocycles. The fraction of sp³-hybridized carbons (Fsp3) is 0.467. The summed E-state index contributed by atoms with van der Waals surface area (Å²) < 4.78 is 10.8. The van der Waals surface area contributed by atoms with Crippen LogP contribution in [0.25, 0.3) is 0 Å². The summed E-state index contributed by atoms with van der Waals surface area (Å²) in [5.41, 5.74) is 2.70. The van der Waals surface area contributed by atoms with Crippen LogP contribution < -0.4 is 10.2 Å². The molecule has 0 bridgehead atoms. The van der Waals surface area contributed by atoms with Crippen molar-refractivity contribution in [2.45, 2.75) is 19.0 Å². The van der Waals surface area contributed by atoms with Gasteiger partial charge in [0.2, 0.25) is 5.89 Å². The molecule has 1 fully saturated rings. The fourth-order valence-corrected chi connectivity index (χ4v) is 2.89. The van der Waals surface area contributed by atoms with Crippen molar-refractivity contribution in [1.82, 2.24) is 15.5 Å². The van der Waals surface area contributed by atoms with E-state index in [0.29, 0.717) is 11.8 Å². The zero-order valence-electron chi connectivity index (χ0n) is 11.8. The van der Waals surface area contributed by atoms with E-state index in [2.05, 4.69) is 44.6 Å². The van der Waals surface area contributed by atoms with E-state index in [1.165, 1.54) is 11.1 Å². The normalized spacial score (nSPS) is 22.1. The van der Waals surface area contributed by atoms with Gasteiger partial charge in [-0.3, -0.25) is 0 Å². The van der Waals surface area contributed by atoms with Gasteiger partial charge in [-0.05, 0) is 22.7 Å². The van der Waals surface area contributed by atoms with Gasteiger partial charge in [0.15, 0.2) is 0 Å². The molecule has 0 radical (unpaired) electrons. The SMILES string of the molecule is c1ccc2c(c1)CNC(c1nc(N3CCOCC3)no1)C2. The predicted molar refractivity (Wildman–Crippen MR) is 77.1 cm³/mol. The van der Waals surface area contributed by atoms with Crippen LogP contribution >= 0.6 is 0 Å². The number of hydrogen-bond acceptors (Lipinski definition) is 6. The Balaban J connectivity index is 1.51. The van der Waals surface area contributed by atoms with Crippen LogP contribution in [0.1, 0.15) is 23.1 Å².